The Morgan fingerprint density at radius 2 is 2.26 bits per heavy atom. The normalized spacial score (nSPS) is 23.3. The summed E-state index contributed by atoms with van der Waals surface area (Å²) in [4.78, 5) is 27.4. The number of rotatable bonds is 5. The number of nitrogens with zero attached hydrogens (tertiary/aromatic N) is 4. The fourth-order valence-electron chi connectivity index (χ4n) is 2.47. The Bertz CT molecular complexity index is 785. The van der Waals surface area contributed by atoms with Crippen molar-refractivity contribution in [2.24, 2.45) is 5.11 Å². The zero-order chi connectivity index (χ0) is 17.0. The van der Waals surface area contributed by atoms with Crippen molar-refractivity contribution in [2.75, 3.05) is 6.61 Å². The summed E-state index contributed by atoms with van der Waals surface area (Å²) in [7, 11) is 0. The maximum absolute atomic E-state index is 12.4. The van der Waals surface area contributed by atoms with E-state index in [1.54, 1.807) is 0 Å². The second kappa shape index (κ2) is 7.13. The van der Waals surface area contributed by atoms with Crippen molar-refractivity contribution in [3.05, 3.63) is 32.6 Å². The van der Waals surface area contributed by atoms with E-state index in [9.17, 15) is 19.8 Å². The molecule has 1 saturated heterocycles. The van der Waals surface area contributed by atoms with E-state index in [1.165, 1.54) is 6.20 Å². The van der Waals surface area contributed by atoms with Gasteiger partial charge in [-0.2, -0.15) is 0 Å². The number of hydrogen-bond donors (Lipinski definition) is 3. The lowest BCUT2D eigenvalue weighted by molar-refractivity contribution is -0.0281. The SMILES string of the molecule is C#CCn1c(=O)c(CO)cn(C2CC(N=[N+]=N)C(CO)O2)c1=O. The second-order valence-corrected chi connectivity index (χ2v) is 4.93. The Labute approximate surface area is 130 Å². The quantitative estimate of drug-likeness (QED) is 0.337. The number of aliphatic hydroxyl groups excluding tert-OH is 2. The van der Waals surface area contributed by atoms with Crippen molar-refractivity contribution in [2.45, 2.75) is 37.9 Å². The summed E-state index contributed by atoms with van der Waals surface area (Å²) >= 11 is 0. The van der Waals surface area contributed by atoms with E-state index in [4.69, 9.17) is 16.7 Å². The standard InChI is InChI=1S/C13H16N5O5/c1-2-3-17-12(21)8(6-19)5-18(13(17)22)11-4-9(15-16-14)10(7-20)23-11/h1,5,9-11,14,19-20H,3-4,6-7H2/q+1. The van der Waals surface area contributed by atoms with Crippen LogP contribution in [0.25, 0.3) is 0 Å². The zero-order valence-corrected chi connectivity index (χ0v) is 12.1. The van der Waals surface area contributed by atoms with Gasteiger partial charge in [0.15, 0.2) is 6.04 Å². The van der Waals surface area contributed by atoms with Crippen LogP contribution in [-0.4, -0.2) is 38.1 Å². The van der Waals surface area contributed by atoms with Crippen LogP contribution in [0.4, 0.5) is 0 Å². The third kappa shape index (κ3) is 3.13. The van der Waals surface area contributed by atoms with Gasteiger partial charge in [-0.15, -0.1) is 6.42 Å². The fourth-order valence-corrected chi connectivity index (χ4v) is 2.47. The molecule has 0 spiro atoms. The molecule has 3 atom stereocenters. The van der Waals surface area contributed by atoms with Crippen LogP contribution >= 0.6 is 0 Å². The first-order chi connectivity index (χ1) is 11.1. The molecule has 1 fully saturated rings. The van der Waals surface area contributed by atoms with Crippen LogP contribution < -0.4 is 16.2 Å². The Morgan fingerprint density at radius 1 is 1.52 bits per heavy atom. The number of aliphatic hydroxyl groups is 2. The third-order valence-corrected chi connectivity index (χ3v) is 3.59. The maximum atomic E-state index is 12.4. The Kier molecular flexibility index (Phi) is 5.20. The van der Waals surface area contributed by atoms with Crippen LogP contribution in [0, 0.1) is 17.9 Å². The van der Waals surface area contributed by atoms with Gasteiger partial charge in [0, 0.05) is 12.6 Å². The van der Waals surface area contributed by atoms with Crippen molar-refractivity contribution < 1.29 is 14.9 Å². The topological polar surface area (TPSA) is 144 Å². The molecule has 1 aliphatic rings. The molecule has 3 unspecified atom stereocenters. The van der Waals surface area contributed by atoms with E-state index in [-0.39, 0.29) is 25.1 Å². The zero-order valence-electron chi connectivity index (χ0n) is 12.1. The molecule has 1 aromatic rings. The lowest BCUT2D eigenvalue weighted by Gasteiger charge is -2.17. The van der Waals surface area contributed by atoms with Crippen LogP contribution in [0.15, 0.2) is 20.9 Å². The predicted molar refractivity (Wildman–Crippen MR) is 76.4 cm³/mol. The molecule has 0 aliphatic carbocycles. The van der Waals surface area contributed by atoms with E-state index >= 15 is 0 Å². The summed E-state index contributed by atoms with van der Waals surface area (Å²) in [5.74, 6) is 2.21. The Balaban J connectivity index is 2.50. The average Bonchev–Trinajstić information content (AvgIpc) is 2.95. The van der Waals surface area contributed by atoms with Crippen LogP contribution in [0.1, 0.15) is 18.2 Å². The molecule has 10 heteroatoms. The highest BCUT2D eigenvalue weighted by molar-refractivity contribution is 5.07. The van der Waals surface area contributed by atoms with Crippen molar-refractivity contribution >= 4 is 0 Å². The first kappa shape index (κ1) is 16.8. The van der Waals surface area contributed by atoms with Gasteiger partial charge in [0.05, 0.1) is 25.3 Å². The molecule has 0 aromatic carbocycles. The first-order valence-electron chi connectivity index (χ1n) is 6.79. The Hall–Kier alpha value is -2.57. The van der Waals surface area contributed by atoms with Crippen LogP contribution in [0.5, 0.6) is 0 Å². The fraction of sp³-hybridized carbons (Fsp3) is 0.538. The second-order valence-electron chi connectivity index (χ2n) is 4.93. The summed E-state index contributed by atoms with van der Waals surface area (Å²) in [5.41, 5.74) is 5.43. The minimum absolute atomic E-state index is 0.00503. The number of hydrogen-bond acceptors (Lipinski definition) is 7. The molecule has 122 valence electrons. The molecular formula is C13H16N5O5+. The number of nitrogens with one attached hydrogen (secondary N) is 1. The average molecular weight is 322 g/mol. The van der Waals surface area contributed by atoms with Gasteiger partial charge in [-0.3, -0.25) is 9.36 Å². The van der Waals surface area contributed by atoms with Crippen molar-refractivity contribution in [1.29, 1.82) is 5.53 Å². The van der Waals surface area contributed by atoms with Crippen molar-refractivity contribution in [1.82, 2.24) is 14.0 Å². The van der Waals surface area contributed by atoms with E-state index < -0.39 is 36.2 Å². The monoisotopic (exact) mass is 322 g/mol. The summed E-state index contributed by atoms with van der Waals surface area (Å²) in [6.07, 6.45) is 5.03. The number of ether oxygens (including phenoxy) is 1. The molecular weight excluding hydrogens is 306 g/mol. The molecule has 2 heterocycles. The highest BCUT2D eigenvalue weighted by Gasteiger charge is 2.39. The molecule has 0 amide bonds. The van der Waals surface area contributed by atoms with E-state index in [0.717, 1.165) is 9.13 Å². The molecule has 0 saturated carbocycles. The van der Waals surface area contributed by atoms with E-state index in [0.29, 0.717) is 0 Å². The summed E-state index contributed by atoms with van der Waals surface area (Å²) in [6.45, 7) is -1.15. The number of terminal acetylenes is 1. The van der Waals surface area contributed by atoms with Crippen molar-refractivity contribution in [3.63, 3.8) is 0 Å². The lowest BCUT2D eigenvalue weighted by atomic mass is 10.1. The maximum Gasteiger partial charge on any atom is 0.333 e. The third-order valence-electron chi connectivity index (χ3n) is 3.59. The number of aromatic nitrogens is 2. The first-order valence-corrected chi connectivity index (χ1v) is 6.79. The molecule has 1 aromatic heterocycles. The molecule has 0 radical (unpaired) electrons. The largest absolute Gasteiger partial charge is 0.394 e. The van der Waals surface area contributed by atoms with Gasteiger partial charge in [-0.1, -0.05) is 5.92 Å². The summed E-state index contributed by atoms with van der Waals surface area (Å²) in [6, 6.07) is -0.583. The van der Waals surface area contributed by atoms with Crippen molar-refractivity contribution in [3.8, 4) is 12.3 Å². The molecule has 23 heavy (non-hydrogen) atoms. The molecule has 0 bridgehead atoms. The van der Waals surface area contributed by atoms with Gasteiger partial charge in [0.1, 0.15) is 23.0 Å². The van der Waals surface area contributed by atoms with Gasteiger partial charge in [0.2, 0.25) is 4.91 Å². The predicted octanol–water partition coefficient (Wildman–Crippen LogP) is -1.67. The Morgan fingerprint density at radius 3 is 2.83 bits per heavy atom. The molecule has 10 nitrogen and oxygen atoms in total. The lowest BCUT2D eigenvalue weighted by Crippen LogP contribution is -2.42. The molecule has 1 aliphatic heterocycles. The highest BCUT2D eigenvalue weighted by atomic mass is 16.5. The van der Waals surface area contributed by atoms with E-state index in [2.05, 4.69) is 15.9 Å². The molecule has 2 rings (SSSR count). The van der Waals surface area contributed by atoms with Crippen LogP contribution in [0.2, 0.25) is 0 Å². The smallest absolute Gasteiger partial charge is 0.333 e. The molecule has 3 N–H and O–H groups in total. The van der Waals surface area contributed by atoms with Gasteiger partial charge in [-0.05, 0) is 0 Å². The van der Waals surface area contributed by atoms with E-state index in [1.807, 2.05) is 0 Å². The van der Waals surface area contributed by atoms with Gasteiger partial charge >= 0.3 is 5.69 Å². The van der Waals surface area contributed by atoms with Gasteiger partial charge in [0.25, 0.3) is 5.56 Å². The highest BCUT2D eigenvalue weighted by Crippen LogP contribution is 2.29. The summed E-state index contributed by atoms with van der Waals surface area (Å²) in [5, 5.41) is 22.2. The van der Waals surface area contributed by atoms with Gasteiger partial charge in [-0.25, -0.2) is 9.36 Å². The minimum atomic E-state index is -0.815. The summed E-state index contributed by atoms with van der Waals surface area (Å²) < 4.78 is 7.50. The van der Waals surface area contributed by atoms with Crippen LogP contribution in [0.3, 0.4) is 0 Å². The minimum Gasteiger partial charge on any atom is -0.394 e. The van der Waals surface area contributed by atoms with Crippen LogP contribution in [-0.2, 0) is 17.9 Å². The van der Waals surface area contributed by atoms with Gasteiger partial charge < -0.3 is 14.9 Å².